The van der Waals surface area contributed by atoms with Gasteiger partial charge >= 0.3 is 5.97 Å². The Kier molecular flexibility index (Phi) is 7.51. The number of nitrogens with zero attached hydrogens (tertiary/aromatic N) is 1. The largest absolute Gasteiger partial charge is 0.478 e. The second kappa shape index (κ2) is 10.7. The van der Waals surface area contributed by atoms with Crippen molar-refractivity contribution in [2.75, 3.05) is 11.4 Å². The molecule has 3 N–H and O–H groups in total. The molecule has 1 fully saturated rings. The summed E-state index contributed by atoms with van der Waals surface area (Å²) in [6.45, 7) is -0.0657. The maximum atomic E-state index is 13.6. The second-order valence-electron chi connectivity index (χ2n) is 9.08. The first-order valence-corrected chi connectivity index (χ1v) is 14.0. The predicted octanol–water partition coefficient (Wildman–Crippen LogP) is 6.73. The summed E-state index contributed by atoms with van der Waals surface area (Å²) in [5.74, 6) is -1.59. The number of halogens is 3. The minimum Gasteiger partial charge on any atom is -0.478 e. The number of hydrogen-bond acceptors (Lipinski definition) is 4. The van der Waals surface area contributed by atoms with Crippen LogP contribution in [-0.2, 0) is 17.8 Å². The van der Waals surface area contributed by atoms with E-state index in [9.17, 15) is 27.8 Å². The number of carboxylic acids is 1. The van der Waals surface area contributed by atoms with Gasteiger partial charge in [-0.05, 0) is 94.3 Å². The molecule has 0 radical (unpaired) electrons. The van der Waals surface area contributed by atoms with E-state index < -0.39 is 23.1 Å². The molecule has 1 aliphatic rings. The fourth-order valence-corrected chi connectivity index (χ4v) is 5.68. The SMILES string of the molecule is CNC(=O)c1c(-c2ccc(F)cc2)oc2cc(CN(c3cc(Cl)c(Br)c(C(=O)O)c3)S(=O)O)c(C3CC3)cc12. The van der Waals surface area contributed by atoms with Gasteiger partial charge in [-0.2, -0.15) is 0 Å². The maximum Gasteiger partial charge on any atom is 0.336 e. The molecule has 1 saturated carbocycles. The number of carbonyl (C=O) groups is 2. The monoisotopic (exact) mass is 634 g/mol. The second-order valence-corrected chi connectivity index (χ2v) is 11.2. The van der Waals surface area contributed by atoms with Gasteiger partial charge < -0.3 is 14.8 Å². The van der Waals surface area contributed by atoms with Crippen LogP contribution in [0.1, 0.15) is 50.6 Å². The molecule has 39 heavy (non-hydrogen) atoms. The average molecular weight is 636 g/mol. The molecule has 1 aromatic heterocycles. The third kappa shape index (κ3) is 5.31. The van der Waals surface area contributed by atoms with Gasteiger partial charge in [0.05, 0.1) is 32.9 Å². The van der Waals surface area contributed by atoms with Gasteiger partial charge in [0, 0.05) is 18.0 Å². The molecule has 1 atom stereocenters. The van der Waals surface area contributed by atoms with Crippen molar-refractivity contribution in [3.8, 4) is 11.3 Å². The Morgan fingerprint density at radius 1 is 1.21 bits per heavy atom. The number of carboxylic acid groups (broad SMARTS) is 1. The highest BCUT2D eigenvalue weighted by Crippen LogP contribution is 2.45. The molecular formula is C27H21BrClFN2O6S. The summed E-state index contributed by atoms with van der Waals surface area (Å²) in [6.07, 6.45) is 1.82. The van der Waals surface area contributed by atoms with E-state index in [4.69, 9.17) is 16.0 Å². The number of furan rings is 1. The first-order valence-electron chi connectivity index (χ1n) is 11.8. The zero-order valence-electron chi connectivity index (χ0n) is 20.3. The Balaban J connectivity index is 1.66. The number of hydrogen-bond donors (Lipinski definition) is 3. The lowest BCUT2D eigenvalue weighted by Crippen LogP contribution is -2.25. The standard InChI is InChI=1S/C27H21BrClFN2O6S/c1-31-26(33)23-19-11-18(13-2-3-13)15(8-22(19)38-25(23)14-4-6-16(30)7-5-14)12-32(39(36)37)17-9-20(27(34)35)24(28)21(29)10-17/h4-11,13H,2-3,12H2,1H3,(H,31,33)(H,34,35)(H,36,37). The van der Waals surface area contributed by atoms with Crippen LogP contribution in [0, 0.1) is 5.82 Å². The minimum absolute atomic E-state index is 0.0657. The highest BCUT2D eigenvalue weighted by molar-refractivity contribution is 9.10. The molecule has 1 heterocycles. The lowest BCUT2D eigenvalue weighted by atomic mass is 9.97. The Morgan fingerprint density at radius 3 is 2.49 bits per heavy atom. The van der Waals surface area contributed by atoms with E-state index in [0.717, 1.165) is 22.7 Å². The molecule has 0 bridgehead atoms. The molecule has 202 valence electrons. The quantitative estimate of drug-likeness (QED) is 0.185. The minimum atomic E-state index is -2.53. The molecule has 1 unspecified atom stereocenters. The molecule has 5 rings (SSSR count). The van der Waals surface area contributed by atoms with Gasteiger partial charge in [0.25, 0.3) is 17.2 Å². The van der Waals surface area contributed by atoms with Gasteiger partial charge in [-0.15, -0.1) is 0 Å². The van der Waals surface area contributed by atoms with E-state index in [1.807, 2.05) is 6.07 Å². The molecule has 3 aromatic carbocycles. The Morgan fingerprint density at radius 2 is 1.90 bits per heavy atom. The van der Waals surface area contributed by atoms with Gasteiger partial charge in [-0.1, -0.05) is 11.6 Å². The summed E-state index contributed by atoms with van der Waals surface area (Å²) in [4.78, 5) is 24.7. The zero-order valence-corrected chi connectivity index (χ0v) is 23.5. The lowest BCUT2D eigenvalue weighted by Gasteiger charge is -2.23. The summed E-state index contributed by atoms with van der Waals surface area (Å²) < 4.78 is 43.7. The van der Waals surface area contributed by atoms with Crippen LogP contribution in [0.4, 0.5) is 10.1 Å². The Bertz CT molecular complexity index is 1650. The molecule has 4 aromatic rings. The smallest absolute Gasteiger partial charge is 0.336 e. The summed E-state index contributed by atoms with van der Waals surface area (Å²) in [5.41, 5.74) is 2.74. The van der Waals surface area contributed by atoms with Gasteiger partial charge in [-0.25, -0.2) is 13.4 Å². The van der Waals surface area contributed by atoms with Crippen molar-refractivity contribution in [3.05, 3.63) is 86.1 Å². The number of anilines is 1. The van der Waals surface area contributed by atoms with E-state index in [1.54, 1.807) is 6.07 Å². The van der Waals surface area contributed by atoms with Crippen LogP contribution in [0.2, 0.25) is 5.02 Å². The number of fused-ring (bicyclic) bond motifs is 1. The highest BCUT2D eigenvalue weighted by Gasteiger charge is 2.31. The normalized spacial score (nSPS) is 13.9. The van der Waals surface area contributed by atoms with E-state index >= 15 is 0 Å². The van der Waals surface area contributed by atoms with E-state index in [0.29, 0.717) is 27.7 Å². The lowest BCUT2D eigenvalue weighted by molar-refractivity contribution is 0.0695. The van der Waals surface area contributed by atoms with Crippen molar-refractivity contribution in [2.24, 2.45) is 0 Å². The van der Waals surface area contributed by atoms with Crippen molar-refractivity contribution in [1.29, 1.82) is 0 Å². The van der Waals surface area contributed by atoms with Crippen LogP contribution in [-0.4, -0.2) is 32.8 Å². The van der Waals surface area contributed by atoms with Crippen molar-refractivity contribution in [2.45, 2.75) is 25.3 Å². The van der Waals surface area contributed by atoms with Crippen LogP contribution in [0.5, 0.6) is 0 Å². The molecular weight excluding hydrogens is 615 g/mol. The molecule has 0 spiro atoms. The molecule has 1 aliphatic carbocycles. The van der Waals surface area contributed by atoms with E-state index in [-0.39, 0.29) is 44.9 Å². The third-order valence-electron chi connectivity index (χ3n) is 6.56. The fourth-order valence-electron chi connectivity index (χ4n) is 4.53. The summed E-state index contributed by atoms with van der Waals surface area (Å²) in [7, 11) is 1.51. The van der Waals surface area contributed by atoms with Crippen LogP contribution in [0.25, 0.3) is 22.3 Å². The van der Waals surface area contributed by atoms with Crippen LogP contribution >= 0.6 is 27.5 Å². The van der Waals surface area contributed by atoms with Crippen LogP contribution < -0.4 is 9.62 Å². The van der Waals surface area contributed by atoms with Crippen LogP contribution in [0.15, 0.2) is 57.4 Å². The molecule has 0 aliphatic heterocycles. The number of benzene rings is 3. The van der Waals surface area contributed by atoms with Crippen molar-refractivity contribution in [1.82, 2.24) is 5.32 Å². The topological polar surface area (TPSA) is 120 Å². The average Bonchev–Trinajstić information content (AvgIpc) is 3.68. The Hall–Kier alpha value is -3.25. The zero-order chi connectivity index (χ0) is 28.0. The van der Waals surface area contributed by atoms with Gasteiger partial charge in [0.1, 0.15) is 17.2 Å². The van der Waals surface area contributed by atoms with Gasteiger partial charge in [0.2, 0.25) is 0 Å². The Labute approximate surface area is 238 Å². The number of carbonyl (C=O) groups excluding carboxylic acids is 1. The van der Waals surface area contributed by atoms with Gasteiger partial charge in [-0.3, -0.25) is 13.7 Å². The van der Waals surface area contributed by atoms with E-state index in [1.165, 1.54) is 43.4 Å². The summed E-state index contributed by atoms with van der Waals surface area (Å²) in [6, 6.07) is 11.9. The van der Waals surface area contributed by atoms with Crippen LogP contribution in [0.3, 0.4) is 0 Å². The van der Waals surface area contributed by atoms with Crippen molar-refractivity contribution in [3.63, 3.8) is 0 Å². The molecule has 8 nitrogen and oxygen atoms in total. The van der Waals surface area contributed by atoms with E-state index in [2.05, 4.69) is 21.2 Å². The van der Waals surface area contributed by atoms with Crippen molar-refractivity contribution >= 4 is 67.3 Å². The summed E-state index contributed by atoms with van der Waals surface area (Å²) in [5, 5.41) is 12.8. The number of rotatable bonds is 8. The molecule has 12 heteroatoms. The van der Waals surface area contributed by atoms with Gasteiger partial charge in [0.15, 0.2) is 0 Å². The van der Waals surface area contributed by atoms with Crippen molar-refractivity contribution < 1.29 is 32.3 Å². The number of aromatic carboxylic acids is 1. The molecule has 1 amide bonds. The summed E-state index contributed by atoms with van der Waals surface area (Å²) >= 11 is 6.84. The highest BCUT2D eigenvalue weighted by atomic mass is 79.9. The first kappa shape index (κ1) is 27.3. The molecule has 0 saturated heterocycles. The predicted molar refractivity (Wildman–Crippen MR) is 150 cm³/mol. The third-order valence-corrected chi connectivity index (χ3v) is 8.66. The number of amides is 1. The first-order chi connectivity index (χ1) is 18.6. The number of nitrogens with one attached hydrogen (secondary N) is 1. The maximum absolute atomic E-state index is 13.6. The fraction of sp³-hybridized carbons (Fsp3) is 0.185.